The predicted molar refractivity (Wildman–Crippen MR) is 125 cm³/mol. The van der Waals surface area contributed by atoms with E-state index in [1.165, 1.54) is 26.5 Å². The van der Waals surface area contributed by atoms with E-state index in [0.29, 0.717) is 22.1 Å². The van der Waals surface area contributed by atoms with Crippen molar-refractivity contribution in [3.05, 3.63) is 87.9 Å². The van der Waals surface area contributed by atoms with Gasteiger partial charge < -0.3 is 14.8 Å². The minimum absolute atomic E-state index is 0.174. The van der Waals surface area contributed by atoms with Crippen molar-refractivity contribution in [1.29, 1.82) is 0 Å². The Morgan fingerprint density at radius 3 is 2.31 bits per heavy atom. The third kappa shape index (κ3) is 5.65. The molecule has 2 N–H and O–H groups in total. The zero-order valence-corrected chi connectivity index (χ0v) is 18.6. The van der Waals surface area contributed by atoms with E-state index in [9.17, 15) is 9.59 Å². The molecule has 3 aromatic carbocycles. The van der Waals surface area contributed by atoms with Crippen LogP contribution in [0.15, 0.2) is 65.8 Å². The molecule has 0 atom stereocenters. The van der Waals surface area contributed by atoms with Gasteiger partial charge in [-0.25, -0.2) is 5.43 Å². The maximum absolute atomic E-state index is 12.8. The van der Waals surface area contributed by atoms with Gasteiger partial charge in [0.2, 0.25) is 0 Å². The SMILES string of the molecule is COc1ccc(C(=O)Nc2ccc(Cl)cc2C(=O)NN=Cc2ccc(C)cc2)cc1OC. The van der Waals surface area contributed by atoms with Crippen LogP contribution in [0.5, 0.6) is 11.5 Å². The number of hydrogen-bond donors (Lipinski definition) is 2. The van der Waals surface area contributed by atoms with Gasteiger partial charge in [-0.05, 0) is 48.9 Å². The maximum atomic E-state index is 12.8. The largest absolute Gasteiger partial charge is 0.493 e. The van der Waals surface area contributed by atoms with Crippen molar-refractivity contribution in [1.82, 2.24) is 5.43 Å². The van der Waals surface area contributed by atoms with E-state index in [2.05, 4.69) is 15.8 Å². The fraction of sp³-hybridized carbons (Fsp3) is 0.125. The van der Waals surface area contributed by atoms with Gasteiger partial charge >= 0.3 is 0 Å². The third-order valence-corrected chi connectivity index (χ3v) is 4.81. The smallest absolute Gasteiger partial charge is 0.273 e. The Labute approximate surface area is 191 Å². The fourth-order valence-corrected chi connectivity index (χ4v) is 3.04. The molecule has 164 valence electrons. The van der Waals surface area contributed by atoms with Crippen molar-refractivity contribution in [2.45, 2.75) is 6.92 Å². The molecule has 7 nitrogen and oxygen atoms in total. The highest BCUT2D eigenvalue weighted by Gasteiger charge is 2.16. The van der Waals surface area contributed by atoms with Gasteiger partial charge in [0.25, 0.3) is 11.8 Å². The second-order valence-corrected chi connectivity index (χ2v) is 7.26. The van der Waals surface area contributed by atoms with Crippen molar-refractivity contribution in [3.63, 3.8) is 0 Å². The van der Waals surface area contributed by atoms with E-state index in [-0.39, 0.29) is 11.3 Å². The van der Waals surface area contributed by atoms with Crippen LogP contribution in [0.2, 0.25) is 5.02 Å². The van der Waals surface area contributed by atoms with Crippen LogP contribution < -0.4 is 20.2 Å². The number of carbonyl (C=O) groups is 2. The van der Waals surface area contributed by atoms with Crippen molar-refractivity contribution < 1.29 is 19.1 Å². The molecular formula is C24H22ClN3O4. The van der Waals surface area contributed by atoms with Crippen molar-refractivity contribution >= 4 is 35.3 Å². The van der Waals surface area contributed by atoms with Gasteiger partial charge in [-0.2, -0.15) is 5.10 Å². The number of amides is 2. The highest BCUT2D eigenvalue weighted by Crippen LogP contribution is 2.28. The third-order valence-electron chi connectivity index (χ3n) is 4.58. The number of anilines is 1. The molecule has 0 aliphatic carbocycles. The van der Waals surface area contributed by atoms with Crippen molar-refractivity contribution in [2.24, 2.45) is 5.10 Å². The van der Waals surface area contributed by atoms with Gasteiger partial charge in [-0.3, -0.25) is 9.59 Å². The summed E-state index contributed by atoms with van der Waals surface area (Å²) in [5, 5.41) is 7.07. The Hall–Kier alpha value is -3.84. The van der Waals surface area contributed by atoms with E-state index in [1.807, 2.05) is 31.2 Å². The second kappa shape index (κ2) is 10.5. The Morgan fingerprint density at radius 2 is 1.62 bits per heavy atom. The van der Waals surface area contributed by atoms with Gasteiger partial charge in [0, 0.05) is 10.6 Å². The standard InChI is InChI=1S/C24H22ClN3O4/c1-15-4-6-16(7-5-15)14-26-28-24(30)19-13-18(25)9-10-20(19)27-23(29)17-8-11-21(31-2)22(12-17)32-3/h4-14H,1-3H3,(H,27,29)(H,28,30). The summed E-state index contributed by atoms with van der Waals surface area (Å²) in [7, 11) is 3.00. The highest BCUT2D eigenvalue weighted by atomic mass is 35.5. The first-order valence-electron chi connectivity index (χ1n) is 9.64. The summed E-state index contributed by atoms with van der Waals surface area (Å²) < 4.78 is 10.4. The first kappa shape index (κ1) is 22.8. The molecular weight excluding hydrogens is 430 g/mol. The number of aryl methyl sites for hydroxylation is 1. The Kier molecular flexibility index (Phi) is 7.46. The summed E-state index contributed by atoms with van der Waals surface area (Å²) >= 11 is 6.07. The molecule has 0 fully saturated rings. The van der Waals surface area contributed by atoms with Crippen molar-refractivity contribution in [2.75, 3.05) is 19.5 Å². The zero-order valence-electron chi connectivity index (χ0n) is 17.8. The maximum Gasteiger partial charge on any atom is 0.273 e. The number of nitrogens with one attached hydrogen (secondary N) is 2. The summed E-state index contributed by atoms with van der Waals surface area (Å²) in [5.41, 5.74) is 5.22. The van der Waals surface area contributed by atoms with E-state index in [0.717, 1.165) is 11.1 Å². The van der Waals surface area contributed by atoms with E-state index >= 15 is 0 Å². The minimum atomic E-state index is -0.515. The predicted octanol–water partition coefficient (Wildman–Crippen LogP) is 4.68. The molecule has 32 heavy (non-hydrogen) atoms. The number of nitrogens with zero attached hydrogens (tertiary/aromatic N) is 1. The Bertz CT molecular complexity index is 1160. The number of carbonyl (C=O) groups excluding carboxylic acids is 2. The first-order chi connectivity index (χ1) is 15.4. The monoisotopic (exact) mass is 451 g/mol. The van der Waals surface area contributed by atoms with Gasteiger partial charge in [0.05, 0.1) is 31.7 Å². The van der Waals surface area contributed by atoms with Crippen LogP contribution in [0.3, 0.4) is 0 Å². The lowest BCUT2D eigenvalue weighted by molar-refractivity contribution is 0.0956. The topological polar surface area (TPSA) is 89.0 Å². The molecule has 8 heteroatoms. The summed E-state index contributed by atoms with van der Waals surface area (Å²) in [5.74, 6) is -0.0225. The number of ether oxygens (including phenoxy) is 2. The van der Waals surface area contributed by atoms with Crippen LogP contribution in [-0.4, -0.2) is 32.2 Å². The first-order valence-corrected chi connectivity index (χ1v) is 10.0. The molecule has 0 aliphatic heterocycles. The van der Waals surface area contributed by atoms with Crippen LogP contribution >= 0.6 is 11.6 Å². The molecule has 3 aromatic rings. The number of rotatable bonds is 7. The van der Waals surface area contributed by atoms with Crippen LogP contribution in [-0.2, 0) is 0 Å². The lowest BCUT2D eigenvalue weighted by Gasteiger charge is -2.12. The van der Waals surface area contributed by atoms with Crippen LogP contribution in [0.1, 0.15) is 31.8 Å². The highest BCUT2D eigenvalue weighted by molar-refractivity contribution is 6.31. The molecule has 0 spiro atoms. The Morgan fingerprint density at radius 1 is 0.906 bits per heavy atom. The molecule has 0 bridgehead atoms. The second-order valence-electron chi connectivity index (χ2n) is 6.82. The molecule has 0 radical (unpaired) electrons. The average molecular weight is 452 g/mol. The van der Waals surface area contributed by atoms with Crippen LogP contribution in [0.25, 0.3) is 0 Å². The Balaban J connectivity index is 1.77. The number of benzene rings is 3. The summed E-state index contributed by atoms with van der Waals surface area (Å²) in [6, 6.07) is 17.0. The summed E-state index contributed by atoms with van der Waals surface area (Å²) in [4.78, 5) is 25.5. The van der Waals surface area contributed by atoms with Gasteiger partial charge in [0.15, 0.2) is 11.5 Å². The number of methoxy groups -OCH3 is 2. The molecule has 0 saturated carbocycles. The summed E-state index contributed by atoms with van der Waals surface area (Å²) in [6.45, 7) is 1.99. The van der Waals surface area contributed by atoms with Crippen molar-refractivity contribution in [3.8, 4) is 11.5 Å². The molecule has 0 unspecified atom stereocenters. The molecule has 0 saturated heterocycles. The summed E-state index contributed by atoms with van der Waals surface area (Å²) in [6.07, 6.45) is 1.53. The van der Waals surface area contributed by atoms with Crippen LogP contribution in [0, 0.1) is 6.92 Å². The van der Waals surface area contributed by atoms with Crippen LogP contribution in [0.4, 0.5) is 5.69 Å². The number of hydrazone groups is 1. The minimum Gasteiger partial charge on any atom is -0.493 e. The zero-order chi connectivity index (χ0) is 23.1. The number of hydrogen-bond acceptors (Lipinski definition) is 5. The molecule has 3 rings (SSSR count). The molecule has 2 amide bonds. The van der Waals surface area contributed by atoms with E-state index in [4.69, 9.17) is 21.1 Å². The number of halogens is 1. The van der Waals surface area contributed by atoms with E-state index < -0.39 is 11.8 Å². The quantitative estimate of drug-likeness (QED) is 0.403. The normalized spacial score (nSPS) is 10.6. The average Bonchev–Trinajstić information content (AvgIpc) is 2.80. The molecule has 0 heterocycles. The lowest BCUT2D eigenvalue weighted by atomic mass is 10.1. The van der Waals surface area contributed by atoms with Gasteiger partial charge in [0.1, 0.15) is 0 Å². The lowest BCUT2D eigenvalue weighted by Crippen LogP contribution is -2.21. The van der Waals surface area contributed by atoms with E-state index in [1.54, 1.807) is 30.3 Å². The molecule has 0 aromatic heterocycles. The van der Waals surface area contributed by atoms with Gasteiger partial charge in [-0.1, -0.05) is 41.4 Å². The fourth-order valence-electron chi connectivity index (χ4n) is 2.86. The molecule has 0 aliphatic rings. The van der Waals surface area contributed by atoms with Gasteiger partial charge in [-0.15, -0.1) is 0 Å².